The molecule has 1 aromatic heterocycles. The van der Waals surface area contributed by atoms with Crippen LogP contribution in [0.2, 0.25) is 0 Å². The average Bonchev–Trinajstić information content (AvgIpc) is 2.96. The number of aryl methyl sites for hydroxylation is 1. The third-order valence-corrected chi connectivity index (χ3v) is 6.43. The Morgan fingerprint density at radius 2 is 2.03 bits per heavy atom. The van der Waals surface area contributed by atoms with E-state index >= 15 is 0 Å². The van der Waals surface area contributed by atoms with Crippen LogP contribution in [0.25, 0.3) is 0 Å². The van der Waals surface area contributed by atoms with Crippen LogP contribution in [0.3, 0.4) is 0 Å². The molecule has 7 heteroatoms. The highest BCUT2D eigenvalue weighted by Gasteiger charge is 2.36. The molecular formula is C22H30N2O4S. The highest BCUT2D eigenvalue weighted by atomic mass is 32.1. The molecule has 1 amide bonds. The van der Waals surface area contributed by atoms with Crippen LogP contribution < -0.4 is 4.74 Å². The Hall–Kier alpha value is -1.96. The molecule has 0 unspecified atom stereocenters. The number of benzene rings is 1. The van der Waals surface area contributed by atoms with Crippen molar-refractivity contribution in [1.82, 2.24) is 9.88 Å². The summed E-state index contributed by atoms with van der Waals surface area (Å²) in [6.07, 6.45) is 1.83. The molecule has 29 heavy (non-hydrogen) atoms. The van der Waals surface area contributed by atoms with Crippen molar-refractivity contribution >= 4 is 17.2 Å². The zero-order chi connectivity index (χ0) is 20.9. The van der Waals surface area contributed by atoms with Crippen LogP contribution in [0, 0.1) is 6.92 Å². The number of thiazole rings is 1. The Bertz CT molecular complexity index is 808. The minimum absolute atomic E-state index is 0.0183. The molecule has 2 aromatic rings. The maximum atomic E-state index is 12.4. The number of likely N-dealkylation sites (tertiary alicyclic amines) is 1. The van der Waals surface area contributed by atoms with Crippen molar-refractivity contribution in [2.45, 2.75) is 58.3 Å². The first kappa shape index (κ1) is 21.7. The van der Waals surface area contributed by atoms with Gasteiger partial charge in [-0.05, 0) is 45.7 Å². The summed E-state index contributed by atoms with van der Waals surface area (Å²) in [4.78, 5) is 19.8. The van der Waals surface area contributed by atoms with Crippen LogP contribution in [0.1, 0.15) is 48.7 Å². The predicted molar refractivity (Wildman–Crippen MR) is 113 cm³/mol. The molecule has 158 valence electrons. The number of rotatable bonds is 7. The predicted octanol–water partition coefficient (Wildman–Crippen LogP) is 3.66. The van der Waals surface area contributed by atoms with Crippen LogP contribution in [0.15, 0.2) is 30.3 Å². The summed E-state index contributed by atoms with van der Waals surface area (Å²) >= 11 is 1.50. The first-order chi connectivity index (χ1) is 13.9. The Labute approximate surface area is 176 Å². The van der Waals surface area contributed by atoms with E-state index in [0.717, 1.165) is 27.7 Å². The third kappa shape index (κ3) is 5.78. The maximum Gasteiger partial charge on any atom is 0.248 e. The first-order valence-electron chi connectivity index (χ1n) is 10.1. The molecule has 2 heterocycles. The van der Waals surface area contributed by atoms with E-state index < -0.39 is 5.60 Å². The standard InChI is InChI=1S/C22H30N2O4S/c1-16(2)27-15-20(25)24-12-7-10-22(26,11-13-24)21-23-17(3)19(29-21)14-28-18-8-5-4-6-9-18/h4-6,8-9,16,26H,7,10-15H2,1-3H3/t22-/m0/s1. The number of ether oxygens (including phenoxy) is 2. The molecule has 0 spiro atoms. The maximum absolute atomic E-state index is 12.4. The Kier molecular flexibility index (Phi) is 7.27. The van der Waals surface area contributed by atoms with Crippen molar-refractivity contribution in [3.8, 4) is 5.75 Å². The molecule has 0 bridgehead atoms. The zero-order valence-electron chi connectivity index (χ0n) is 17.4. The van der Waals surface area contributed by atoms with Crippen molar-refractivity contribution in [1.29, 1.82) is 0 Å². The molecule has 0 radical (unpaired) electrons. The molecule has 6 nitrogen and oxygen atoms in total. The molecule has 0 saturated carbocycles. The summed E-state index contributed by atoms with van der Waals surface area (Å²) in [6, 6.07) is 9.67. The quantitative estimate of drug-likeness (QED) is 0.743. The van der Waals surface area contributed by atoms with Gasteiger partial charge in [-0.3, -0.25) is 4.79 Å². The normalized spacial score (nSPS) is 20.0. The molecular weight excluding hydrogens is 388 g/mol. The van der Waals surface area contributed by atoms with Gasteiger partial charge in [0.1, 0.15) is 29.6 Å². The number of para-hydroxylation sites is 1. The van der Waals surface area contributed by atoms with Crippen molar-refractivity contribution in [3.05, 3.63) is 45.9 Å². The van der Waals surface area contributed by atoms with Gasteiger partial charge in [0.2, 0.25) is 5.91 Å². The van der Waals surface area contributed by atoms with E-state index in [9.17, 15) is 9.90 Å². The number of amides is 1. The first-order valence-corrected chi connectivity index (χ1v) is 11.0. The number of aromatic nitrogens is 1. The Morgan fingerprint density at radius 1 is 1.28 bits per heavy atom. The number of nitrogens with zero attached hydrogens (tertiary/aromatic N) is 2. The van der Waals surface area contributed by atoms with Crippen molar-refractivity contribution in [2.75, 3.05) is 19.7 Å². The summed E-state index contributed by atoms with van der Waals surface area (Å²) in [5.74, 6) is 0.794. The lowest BCUT2D eigenvalue weighted by atomic mass is 9.96. The van der Waals surface area contributed by atoms with E-state index in [2.05, 4.69) is 4.98 Å². The molecule has 1 aliphatic rings. The SMILES string of the molecule is Cc1nc([C@]2(O)CCCN(C(=O)COC(C)C)CC2)sc1COc1ccccc1. The highest BCUT2D eigenvalue weighted by molar-refractivity contribution is 7.11. The molecule has 1 saturated heterocycles. The van der Waals surface area contributed by atoms with Gasteiger partial charge < -0.3 is 19.5 Å². The summed E-state index contributed by atoms with van der Waals surface area (Å²) in [7, 11) is 0. The monoisotopic (exact) mass is 418 g/mol. The highest BCUT2D eigenvalue weighted by Crippen LogP contribution is 2.36. The van der Waals surface area contributed by atoms with Crippen LogP contribution >= 0.6 is 11.3 Å². The minimum atomic E-state index is -1.01. The summed E-state index contributed by atoms with van der Waals surface area (Å²) in [6.45, 7) is 7.44. The fourth-order valence-corrected chi connectivity index (χ4v) is 4.46. The van der Waals surface area contributed by atoms with Crippen molar-refractivity contribution < 1.29 is 19.4 Å². The van der Waals surface area contributed by atoms with E-state index in [1.165, 1.54) is 11.3 Å². The Balaban J connectivity index is 1.63. The molecule has 1 fully saturated rings. The number of hydrogen-bond donors (Lipinski definition) is 1. The fourth-order valence-electron chi connectivity index (χ4n) is 3.34. The van der Waals surface area contributed by atoms with Crippen molar-refractivity contribution in [2.24, 2.45) is 0 Å². The molecule has 3 rings (SSSR count). The fraction of sp³-hybridized carbons (Fsp3) is 0.545. The lowest BCUT2D eigenvalue weighted by Crippen LogP contribution is -2.36. The van der Waals surface area contributed by atoms with Gasteiger partial charge in [-0.15, -0.1) is 11.3 Å². The molecule has 1 aliphatic heterocycles. The van der Waals surface area contributed by atoms with Gasteiger partial charge in [0, 0.05) is 19.5 Å². The minimum Gasteiger partial charge on any atom is -0.488 e. The van der Waals surface area contributed by atoms with Crippen LogP contribution in [-0.2, 0) is 21.7 Å². The molecule has 1 N–H and O–H groups in total. The van der Waals surface area contributed by atoms with Crippen LogP contribution in [0.4, 0.5) is 0 Å². The van der Waals surface area contributed by atoms with Gasteiger partial charge in [-0.25, -0.2) is 4.98 Å². The smallest absolute Gasteiger partial charge is 0.248 e. The second-order valence-electron chi connectivity index (χ2n) is 7.76. The summed E-state index contributed by atoms with van der Waals surface area (Å²) in [5, 5.41) is 12.0. The van der Waals surface area contributed by atoms with Gasteiger partial charge in [0.05, 0.1) is 16.7 Å². The molecule has 0 aliphatic carbocycles. The van der Waals surface area contributed by atoms with E-state index in [4.69, 9.17) is 9.47 Å². The number of hydrogen-bond acceptors (Lipinski definition) is 6. The van der Waals surface area contributed by atoms with Gasteiger partial charge in [0.25, 0.3) is 0 Å². The molecule has 1 atom stereocenters. The summed E-state index contributed by atoms with van der Waals surface area (Å²) in [5.41, 5.74) is -0.120. The van der Waals surface area contributed by atoms with Crippen molar-refractivity contribution in [3.63, 3.8) is 0 Å². The van der Waals surface area contributed by atoms with E-state index in [1.807, 2.05) is 51.1 Å². The van der Waals surface area contributed by atoms with Crippen LogP contribution in [-0.4, -0.2) is 46.7 Å². The van der Waals surface area contributed by atoms with Gasteiger partial charge in [-0.1, -0.05) is 18.2 Å². The second kappa shape index (κ2) is 9.69. The topological polar surface area (TPSA) is 71.9 Å². The second-order valence-corrected chi connectivity index (χ2v) is 8.84. The van der Waals surface area contributed by atoms with E-state index in [0.29, 0.717) is 32.5 Å². The largest absolute Gasteiger partial charge is 0.488 e. The van der Waals surface area contributed by atoms with Gasteiger partial charge in [0.15, 0.2) is 0 Å². The lowest BCUT2D eigenvalue weighted by molar-refractivity contribution is -0.137. The summed E-state index contributed by atoms with van der Waals surface area (Å²) < 4.78 is 11.3. The lowest BCUT2D eigenvalue weighted by Gasteiger charge is -2.25. The number of aliphatic hydroxyl groups is 1. The van der Waals surface area contributed by atoms with E-state index in [1.54, 1.807) is 4.90 Å². The number of carbonyl (C=O) groups excluding carboxylic acids is 1. The van der Waals surface area contributed by atoms with Gasteiger partial charge >= 0.3 is 0 Å². The molecule has 1 aromatic carbocycles. The van der Waals surface area contributed by atoms with E-state index in [-0.39, 0.29) is 18.6 Å². The zero-order valence-corrected chi connectivity index (χ0v) is 18.2. The Morgan fingerprint density at radius 3 is 2.76 bits per heavy atom. The number of carbonyl (C=O) groups is 1. The third-order valence-electron chi connectivity index (χ3n) is 5.11. The van der Waals surface area contributed by atoms with Crippen LogP contribution in [0.5, 0.6) is 5.75 Å². The average molecular weight is 419 g/mol. The van der Waals surface area contributed by atoms with Gasteiger partial charge in [-0.2, -0.15) is 0 Å².